The van der Waals surface area contributed by atoms with Gasteiger partial charge >= 0.3 is 0 Å². The summed E-state index contributed by atoms with van der Waals surface area (Å²) in [6.45, 7) is 2.96. The number of rotatable bonds is 8. The Morgan fingerprint density at radius 3 is 2.68 bits per heavy atom. The molecule has 0 radical (unpaired) electrons. The van der Waals surface area contributed by atoms with Gasteiger partial charge in [0.15, 0.2) is 0 Å². The second-order valence-electron chi connectivity index (χ2n) is 6.90. The van der Waals surface area contributed by atoms with E-state index in [1.807, 2.05) is 36.4 Å². The largest absolute Gasteiger partial charge is 0.356 e. The summed E-state index contributed by atoms with van der Waals surface area (Å²) in [5, 5.41) is 5.71. The minimum Gasteiger partial charge on any atom is -0.356 e. The van der Waals surface area contributed by atoms with Gasteiger partial charge < -0.3 is 15.2 Å². The zero-order valence-corrected chi connectivity index (χ0v) is 15.8. The summed E-state index contributed by atoms with van der Waals surface area (Å²) < 4.78 is 1.61. The first kappa shape index (κ1) is 19.8. The molecular weight excluding hydrogens is 356 g/mol. The van der Waals surface area contributed by atoms with E-state index in [-0.39, 0.29) is 23.8 Å². The van der Waals surface area contributed by atoms with Gasteiger partial charge in [0.25, 0.3) is 0 Å². The van der Waals surface area contributed by atoms with Gasteiger partial charge in [-0.15, -0.1) is 0 Å². The van der Waals surface area contributed by atoms with Crippen molar-refractivity contribution < 1.29 is 9.59 Å². The van der Waals surface area contributed by atoms with E-state index in [1.165, 1.54) is 6.07 Å². The number of carbonyl (C=O) groups excluding carboxylic acids is 2. The average Bonchev–Trinajstić information content (AvgIpc) is 2.70. The Labute approximate surface area is 164 Å². The molecule has 0 bridgehead atoms. The minimum atomic E-state index is -0.467. The molecule has 1 aliphatic heterocycles. The zero-order chi connectivity index (χ0) is 19.8. The predicted octanol–water partition coefficient (Wildman–Crippen LogP) is 0.745. The van der Waals surface area contributed by atoms with Crippen molar-refractivity contribution in [3.8, 4) is 0 Å². The molecule has 0 aliphatic carbocycles. The van der Waals surface area contributed by atoms with Crippen molar-refractivity contribution in [1.82, 2.24) is 20.1 Å². The van der Waals surface area contributed by atoms with Crippen molar-refractivity contribution in [2.45, 2.75) is 32.0 Å². The number of nitrogens with one attached hydrogen (secondary N) is 2. The molecule has 148 valence electrons. The molecule has 0 unspecified atom stereocenters. The van der Waals surface area contributed by atoms with E-state index in [4.69, 9.17) is 0 Å². The molecule has 2 amide bonds. The summed E-state index contributed by atoms with van der Waals surface area (Å²) in [6, 6.07) is 14.5. The van der Waals surface area contributed by atoms with Crippen molar-refractivity contribution in [3.63, 3.8) is 0 Å². The van der Waals surface area contributed by atoms with Gasteiger partial charge in [-0.2, -0.15) is 0 Å². The highest BCUT2D eigenvalue weighted by Gasteiger charge is 2.31. The number of benzene rings is 1. The Balaban J connectivity index is 1.48. The van der Waals surface area contributed by atoms with Crippen LogP contribution >= 0.6 is 0 Å². The van der Waals surface area contributed by atoms with Gasteiger partial charge in [0.05, 0.1) is 12.5 Å². The zero-order valence-electron chi connectivity index (χ0n) is 15.8. The third-order valence-corrected chi connectivity index (χ3v) is 4.85. The van der Waals surface area contributed by atoms with Crippen molar-refractivity contribution in [3.05, 3.63) is 70.6 Å². The highest BCUT2D eigenvalue weighted by molar-refractivity contribution is 5.88. The topological polar surface area (TPSA) is 83.4 Å². The molecular formula is C21H26N4O3. The monoisotopic (exact) mass is 382 g/mol. The molecule has 28 heavy (non-hydrogen) atoms. The fraction of sp³-hybridized carbons (Fsp3) is 0.381. The van der Waals surface area contributed by atoms with Crippen molar-refractivity contribution in [2.24, 2.45) is 0 Å². The number of amides is 2. The molecule has 7 heteroatoms. The molecule has 2 aromatic rings. The number of nitrogens with zero attached hydrogens (tertiary/aromatic N) is 2. The molecule has 1 aromatic carbocycles. The number of aryl methyl sites for hydroxylation is 1. The number of hydrogen-bond acceptors (Lipinski definition) is 4. The van der Waals surface area contributed by atoms with Crippen LogP contribution in [-0.2, 0) is 22.7 Å². The Kier molecular flexibility index (Phi) is 6.97. The molecule has 2 N–H and O–H groups in total. The van der Waals surface area contributed by atoms with Crippen molar-refractivity contribution in [1.29, 1.82) is 0 Å². The Morgan fingerprint density at radius 1 is 1.11 bits per heavy atom. The van der Waals surface area contributed by atoms with Gasteiger partial charge in [0.2, 0.25) is 17.4 Å². The van der Waals surface area contributed by atoms with E-state index in [0.29, 0.717) is 32.6 Å². The van der Waals surface area contributed by atoms with Gasteiger partial charge in [0, 0.05) is 45.0 Å². The highest BCUT2D eigenvalue weighted by atomic mass is 16.2. The molecule has 7 nitrogen and oxygen atoms in total. The summed E-state index contributed by atoms with van der Waals surface area (Å²) in [5.41, 5.74) is 1.07. The van der Waals surface area contributed by atoms with Crippen LogP contribution in [0.3, 0.4) is 0 Å². The quantitative estimate of drug-likeness (QED) is 0.660. The number of piperazine rings is 1. The molecule has 2 heterocycles. The lowest BCUT2D eigenvalue weighted by Crippen LogP contribution is -2.56. The van der Waals surface area contributed by atoms with Gasteiger partial charge in [-0.25, -0.2) is 0 Å². The first-order chi connectivity index (χ1) is 13.6. The van der Waals surface area contributed by atoms with Crippen molar-refractivity contribution >= 4 is 11.8 Å². The summed E-state index contributed by atoms with van der Waals surface area (Å²) in [5.74, 6) is -0.256. The second-order valence-corrected chi connectivity index (χ2v) is 6.90. The van der Waals surface area contributed by atoms with E-state index in [1.54, 1.807) is 16.8 Å². The minimum absolute atomic E-state index is 0.0516. The van der Waals surface area contributed by atoms with Crippen LogP contribution in [0.1, 0.15) is 18.4 Å². The fourth-order valence-electron chi connectivity index (χ4n) is 3.36. The molecule has 1 saturated heterocycles. The van der Waals surface area contributed by atoms with Crippen LogP contribution < -0.4 is 16.2 Å². The first-order valence-corrected chi connectivity index (χ1v) is 9.61. The Morgan fingerprint density at radius 2 is 1.89 bits per heavy atom. The number of aromatic nitrogens is 1. The van der Waals surface area contributed by atoms with Crippen LogP contribution in [0.25, 0.3) is 0 Å². The summed E-state index contributed by atoms with van der Waals surface area (Å²) >= 11 is 0. The number of hydrogen-bond donors (Lipinski definition) is 2. The Hall–Kier alpha value is -2.93. The van der Waals surface area contributed by atoms with Crippen LogP contribution in [0.5, 0.6) is 0 Å². The molecule has 1 atom stereocenters. The lowest BCUT2D eigenvalue weighted by atomic mass is 10.1. The third kappa shape index (κ3) is 5.53. The van der Waals surface area contributed by atoms with Crippen LogP contribution in [-0.4, -0.2) is 47.0 Å². The lowest BCUT2D eigenvalue weighted by molar-refractivity contribution is -0.134. The summed E-state index contributed by atoms with van der Waals surface area (Å²) in [4.78, 5) is 38.4. The normalized spacial score (nSPS) is 17.1. The molecule has 3 rings (SSSR count). The maximum atomic E-state index is 12.3. The van der Waals surface area contributed by atoms with Gasteiger partial charge in [-0.05, 0) is 18.1 Å². The molecule has 1 fully saturated rings. The maximum Gasteiger partial charge on any atom is 0.250 e. The second kappa shape index (κ2) is 9.85. The summed E-state index contributed by atoms with van der Waals surface area (Å²) in [7, 11) is 0. The van der Waals surface area contributed by atoms with Crippen LogP contribution in [0.15, 0.2) is 59.5 Å². The maximum absolute atomic E-state index is 12.3. The van der Waals surface area contributed by atoms with Gasteiger partial charge in [0.1, 0.15) is 0 Å². The van der Waals surface area contributed by atoms with Crippen LogP contribution in [0.4, 0.5) is 0 Å². The van der Waals surface area contributed by atoms with E-state index < -0.39 is 6.04 Å². The molecule has 0 saturated carbocycles. The Bertz CT molecular complexity index is 850. The SMILES string of the molecule is O=C(C[C@H]1C(=O)NCCN1Cc1ccccc1)NCCCn1ccccc1=O. The fourth-order valence-corrected chi connectivity index (χ4v) is 3.36. The third-order valence-electron chi connectivity index (χ3n) is 4.85. The molecule has 1 aromatic heterocycles. The predicted molar refractivity (Wildman–Crippen MR) is 107 cm³/mol. The molecule has 1 aliphatic rings. The first-order valence-electron chi connectivity index (χ1n) is 9.61. The smallest absolute Gasteiger partial charge is 0.250 e. The number of pyridine rings is 1. The number of carbonyl (C=O) groups is 2. The van der Waals surface area contributed by atoms with Gasteiger partial charge in [-0.3, -0.25) is 19.3 Å². The van der Waals surface area contributed by atoms with Gasteiger partial charge in [-0.1, -0.05) is 36.4 Å². The summed E-state index contributed by atoms with van der Waals surface area (Å²) in [6.07, 6.45) is 2.52. The van der Waals surface area contributed by atoms with E-state index >= 15 is 0 Å². The van der Waals surface area contributed by atoms with E-state index in [0.717, 1.165) is 12.1 Å². The highest BCUT2D eigenvalue weighted by Crippen LogP contribution is 2.13. The van der Waals surface area contributed by atoms with Crippen LogP contribution in [0.2, 0.25) is 0 Å². The standard InChI is InChI=1S/C21H26N4O3/c26-19(22-10-6-13-24-12-5-4-9-20(24)27)15-18-21(28)23-11-14-25(18)16-17-7-2-1-3-8-17/h1-5,7-9,12,18H,6,10-11,13-16H2,(H,22,26)(H,23,28)/t18-/m0/s1. The lowest BCUT2D eigenvalue weighted by Gasteiger charge is -2.34. The van der Waals surface area contributed by atoms with E-state index in [2.05, 4.69) is 15.5 Å². The van der Waals surface area contributed by atoms with Crippen molar-refractivity contribution in [2.75, 3.05) is 19.6 Å². The average molecular weight is 382 g/mol. The molecule has 0 spiro atoms. The van der Waals surface area contributed by atoms with E-state index in [9.17, 15) is 14.4 Å². The van der Waals surface area contributed by atoms with Crippen LogP contribution in [0, 0.1) is 0 Å².